The van der Waals surface area contributed by atoms with Gasteiger partial charge in [0.05, 0.1) is 26.4 Å². The van der Waals surface area contributed by atoms with Crippen molar-refractivity contribution in [2.24, 2.45) is 0 Å². The Labute approximate surface area is 200 Å². The molecule has 0 saturated carbocycles. The van der Waals surface area contributed by atoms with Crippen LogP contribution < -0.4 is 0 Å². The van der Waals surface area contributed by atoms with Crippen molar-refractivity contribution in [2.45, 2.75) is 51.9 Å². The van der Waals surface area contributed by atoms with Gasteiger partial charge in [0.2, 0.25) is 0 Å². The van der Waals surface area contributed by atoms with Gasteiger partial charge >= 0.3 is 0 Å². The topological polar surface area (TPSA) is 93.9 Å². The Morgan fingerprint density at radius 3 is 0.517 bits per heavy atom. The van der Waals surface area contributed by atoms with Crippen molar-refractivity contribution < 1.29 is 46.3 Å². The van der Waals surface area contributed by atoms with Crippen molar-refractivity contribution in [2.75, 3.05) is 82.8 Å². The molecule has 0 heterocycles. The number of rotatable bonds is 8. The number of aliphatic hydroxyl groups is 4. The molecule has 4 atom stereocenters. The van der Waals surface area contributed by atoms with E-state index >= 15 is 0 Å². The van der Waals surface area contributed by atoms with Crippen molar-refractivity contribution in [3.05, 3.63) is 0 Å². The number of aliphatic hydroxyl groups excluding tert-OH is 4. The molecule has 4 N–H and O–H groups in total. The molecule has 0 rings (SSSR count). The predicted octanol–water partition coefficient (Wildman–Crippen LogP) is -0.287. The number of nitrogens with zero attached hydrogens (tertiary/aromatic N) is 4. The molecule has 0 aromatic rings. The standard InChI is InChI=1S/4C5H13NO.Hf/c4*1-5(4-7)6(2)3;/h4*5,7H,4H2,1-3H3;. The maximum Gasteiger partial charge on any atom is 0.0583 e. The van der Waals surface area contributed by atoms with Gasteiger partial charge in [0.1, 0.15) is 0 Å². The summed E-state index contributed by atoms with van der Waals surface area (Å²) in [5.74, 6) is 0. The fourth-order valence-electron chi connectivity index (χ4n) is 0.653. The van der Waals surface area contributed by atoms with E-state index < -0.39 is 0 Å². The zero-order valence-electron chi connectivity index (χ0n) is 21.2. The minimum absolute atomic E-state index is 0. The van der Waals surface area contributed by atoms with Crippen LogP contribution in [0.3, 0.4) is 0 Å². The van der Waals surface area contributed by atoms with Crippen LogP contribution >= 0.6 is 0 Å². The van der Waals surface area contributed by atoms with E-state index in [1.165, 1.54) is 0 Å². The zero-order valence-corrected chi connectivity index (χ0v) is 24.8. The van der Waals surface area contributed by atoms with Gasteiger partial charge < -0.3 is 40.0 Å². The molecule has 0 bridgehead atoms. The third kappa shape index (κ3) is 33.4. The third-order valence-corrected chi connectivity index (χ3v) is 4.58. The van der Waals surface area contributed by atoms with E-state index in [1.807, 2.05) is 104 Å². The Balaban J connectivity index is -0.0000000873. The van der Waals surface area contributed by atoms with Crippen LogP contribution in [0.25, 0.3) is 0 Å². The van der Waals surface area contributed by atoms with E-state index in [4.69, 9.17) is 20.4 Å². The molecule has 0 saturated heterocycles. The molecule has 0 spiro atoms. The smallest absolute Gasteiger partial charge is 0.0583 e. The van der Waals surface area contributed by atoms with Crippen molar-refractivity contribution in [3.8, 4) is 0 Å². The third-order valence-electron chi connectivity index (χ3n) is 4.58. The summed E-state index contributed by atoms with van der Waals surface area (Å²) in [6, 6.07) is 1.17. The number of hydrogen-bond donors (Lipinski definition) is 4. The number of hydrogen-bond acceptors (Lipinski definition) is 8. The zero-order chi connectivity index (χ0) is 23.4. The van der Waals surface area contributed by atoms with Crippen LogP contribution in [-0.2, 0) is 25.8 Å². The molecule has 0 amide bonds. The average Bonchev–Trinajstić information content (AvgIpc) is 2.66. The Bertz CT molecular complexity index is 244. The van der Waals surface area contributed by atoms with Gasteiger partial charge in [-0.1, -0.05) is 0 Å². The first-order chi connectivity index (χ1) is 12.7. The van der Waals surface area contributed by atoms with Crippen molar-refractivity contribution in [3.63, 3.8) is 0 Å². The molecular formula is C20H52HfN4O4. The van der Waals surface area contributed by atoms with Crippen molar-refractivity contribution in [1.29, 1.82) is 0 Å². The van der Waals surface area contributed by atoms with Gasteiger partial charge in [0, 0.05) is 50.0 Å². The van der Waals surface area contributed by atoms with Crippen LogP contribution in [-0.4, -0.2) is 147 Å². The minimum atomic E-state index is 0. The van der Waals surface area contributed by atoms with Crippen molar-refractivity contribution >= 4 is 0 Å². The summed E-state index contributed by atoms with van der Waals surface area (Å²) in [6.45, 7) is 8.86. The first-order valence-corrected chi connectivity index (χ1v) is 9.82. The first-order valence-electron chi connectivity index (χ1n) is 9.82. The van der Waals surface area contributed by atoms with Crippen molar-refractivity contribution in [1.82, 2.24) is 19.6 Å². The summed E-state index contributed by atoms with van der Waals surface area (Å²) in [6.07, 6.45) is 0. The molecule has 0 aliphatic heterocycles. The van der Waals surface area contributed by atoms with Crippen LogP contribution in [0.15, 0.2) is 0 Å². The fourth-order valence-corrected chi connectivity index (χ4v) is 0.653. The molecule has 29 heavy (non-hydrogen) atoms. The molecule has 0 fully saturated rings. The summed E-state index contributed by atoms with van der Waals surface area (Å²) in [5, 5.41) is 33.9. The van der Waals surface area contributed by atoms with Crippen LogP contribution in [0.1, 0.15) is 27.7 Å². The monoisotopic (exact) mass is 592 g/mol. The second-order valence-corrected chi connectivity index (χ2v) is 7.98. The first kappa shape index (κ1) is 40.0. The molecule has 0 radical (unpaired) electrons. The quantitative estimate of drug-likeness (QED) is 0.287. The number of likely N-dealkylation sites (N-methyl/N-ethyl adjacent to an activating group) is 4. The molecule has 0 aliphatic rings. The summed E-state index contributed by atoms with van der Waals surface area (Å²) < 4.78 is 0. The van der Waals surface area contributed by atoms with E-state index in [1.54, 1.807) is 0 Å². The molecule has 0 aliphatic carbocycles. The largest absolute Gasteiger partial charge is 0.395 e. The summed E-state index contributed by atoms with van der Waals surface area (Å²) in [4.78, 5) is 7.89. The maximum absolute atomic E-state index is 8.46. The van der Waals surface area contributed by atoms with E-state index in [0.29, 0.717) is 24.2 Å². The van der Waals surface area contributed by atoms with Gasteiger partial charge in [-0.05, 0) is 84.1 Å². The second kappa shape index (κ2) is 26.6. The van der Waals surface area contributed by atoms with Gasteiger partial charge in [0.15, 0.2) is 0 Å². The van der Waals surface area contributed by atoms with E-state index in [0.717, 1.165) is 0 Å². The van der Waals surface area contributed by atoms with Gasteiger partial charge in [-0.2, -0.15) is 0 Å². The molecule has 0 aromatic carbocycles. The Kier molecular flexibility index (Phi) is 36.6. The van der Waals surface area contributed by atoms with Crippen LogP contribution in [0, 0.1) is 0 Å². The van der Waals surface area contributed by atoms with Crippen LogP contribution in [0.4, 0.5) is 0 Å². The van der Waals surface area contributed by atoms with Crippen LogP contribution in [0.2, 0.25) is 0 Å². The second-order valence-electron chi connectivity index (χ2n) is 7.98. The Morgan fingerprint density at radius 2 is 0.517 bits per heavy atom. The van der Waals surface area contributed by atoms with E-state index in [-0.39, 0.29) is 52.3 Å². The van der Waals surface area contributed by atoms with Gasteiger partial charge in [0.25, 0.3) is 0 Å². The maximum atomic E-state index is 8.46. The normalized spacial score (nSPS) is 14.5. The molecule has 4 unspecified atom stereocenters. The summed E-state index contributed by atoms with van der Waals surface area (Å²) >= 11 is 0. The fraction of sp³-hybridized carbons (Fsp3) is 1.00. The SMILES string of the molecule is CC(CO)N(C)C.CC(CO)N(C)C.CC(CO)N(C)C.CC(CO)N(C)C.[Hf]. The van der Waals surface area contributed by atoms with Gasteiger partial charge in [-0.3, -0.25) is 0 Å². The van der Waals surface area contributed by atoms with E-state index in [9.17, 15) is 0 Å². The summed E-state index contributed by atoms with van der Waals surface area (Å²) in [5.41, 5.74) is 0. The minimum Gasteiger partial charge on any atom is -0.395 e. The van der Waals surface area contributed by atoms with Crippen LogP contribution in [0.5, 0.6) is 0 Å². The summed E-state index contributed by atoms with van der Waals surface area (Å²) in [7, 11) is 15.6. The molecule has 8 nitrogen and oxygen atoms in total. The average molecular weight is 591 g/mol. The molecule has 180 valence electrons. The molecular weight excluding hydrogens is 539 g/mol. The molecule has 9 heteroatoms. The Hall–Kier alpha value is 0.550. The molecule has 0 aromatic heterocycles. The van der Waals surface area contributed by atoms with Gasteiger partial charge in [-0.15, -0.1) is 0 Å². The van der Waals surface area contributed by atoms with E-state index in [2.05, 4.69) is 0 Å². The predicted molar refractivity (Wildman–Crippen MR) is 121 cm³/mol. The Morgan fingerprint density at radius 1 is 0.414 bits per heavy atom. The van der Waals surface area contributed by atoms with Gasteiger partial charge in [-0.25, -0.2) is 0 Å².